The van der Waals surface area contributed by atoms with Crippen LogP contribution in [0.2, 0.25) is 0 Å². The van der Waals surface area contributed by atoms with E-state index in [1.807, 2.05) is 38.1 Å². The van der Waals surface area contributed by atoms with Crippen molar-refractivity contribution in [2.24, 2.45) is 0 Å². The quantitative estimate of drug-likeness (QED) is 0.509. The van der Waals surface area contributed by atoms with E-state index in [0.29, 0.717) is 11.1 Å². The van der Waals surface area contributed by atoms with Gasteiger partial charge in [0, 0.05) is 12.2 Å². The van der Waals surface area contributed by atoms with Crippen molar-refractivity contribution in [3.8, 4) is 0 Å². The Kier molecular flexibility index (Phi) is 8.33. The summed E-state index contributed by atoms with van der Waals surface area (Å²) in [5.41, 5.74) is 3.37. The summed E-state index contributed by atoms with van der Waals surface area (Å²) >= 11 is 0. The highest BCUT2D eigenvalue weighted by molar-refractivity contribution is 5.91. The van der Waals surface area contributed by atoms with Crippen molar-refractivity contribution >= 4 is 11.9 Å². The Balaban J connectivity index is 2.02. The molecular weight excluding hydrogens is 384 g/mol. The van der Waals surface area contributed by atoms with Gasteiger partial charge in [0.15, 0.2) is 12.2 Å². The van der Waals surface area contributed by atoms with Crippen LogP contribution in [0.1, 0.15) is 48.3 Å². The van der Waals surface area contributed by atoms with E-state index >= 15 is 0 Å². The number of rotatable bonds is 8. The van der Waals surface area contributed by atoms with E-state index in [1.165, 1.54) is 13.8 Å². The normalized spacial score (nSPS) is 15.3. The number of aliphatic hydroxyl groups is 2. The summed E-state index contributed by atoms with van der Waals surface area (Å²) in [5.74, 6) is -1.58. The molecular formula is C24H28O6. The summed E-state index contributed by atoms with van der Waals surface area (Å²) in [5, 5.41) is 19.9. The van der Waals surface area contributed by atoms with E-state index in [0.717, 1.165) is 23.3 Å². The van der Waals surface area contributed by atoms with E-state index in [2.05, 4.69) is 0 Å². The highest BCUT2D eigenvalue weighted by atomic mass is 16.6. The molecule has 2 rings (SSSR count). The van der Waals surface area contributed by atoms with Gasteiger partial charge in [-0.2, -0.15) is 0 Å². The van der Waals surface area contributed by atoms with Crippen LogP contribution in [0, 0.1) is 13.8 Å². The first-order valence-corrected chi connectivity index (χ1v) is 9.76. The number of benzene rings is 2. The molecule has 0 bridgehead atoms. The second kappa shape index (κ2) is 10.7. The van der Waals surface area contributed by atoms with Crippen LogP contribution in [0.5, 0.6) is 0 Å². The molecule has 0 spiro atoms. The van der Waals surface area contributed by atoms with Gasteiger partial charge < -0.3 is 19.7 Å². The molecule has 0 radical (unpaired) electrons. The van der Waals surface area contributed by atoms with Crippen molar-refractivity contribution in [2.75, 3.05) is 0 Å². The lowest BCUT2D eigenvalue weighted by molar-refractivity contribution is -0.151. The van der Waals surface area contributed by atoms with Crippen molar-refractivity contribution in [3.05, 3.63) is 82.9 Å². The Labute approximate surface area is 176 Å². The maximum Gasteiger partial charge on any atom is 0.331 e. The third kappa shape index (κ3) is 6.83. The highest BCUT2D eigenvalue weighted by Gasteiger charge is 2.23. The smallest absolute Gasteiger partial charge is 0.331 e. The fourth-order valence-corrected chi connectivity index (χ4v) is 2.87. The van der Waals surface area contributed by atoms with E-state index in [1.54, 1.807) is 24.3 Å². The van der Waals surface area contributed by atoms with Gasteiger partial charge in [0.05, 0.1) is 12.2 Å². The number of aliphatic hydroxyl groups excluding tert-OH is 2. The molecule has 2 N–H and O–H groups in total. The molecule has 0 saturated heterocycles. The summed E-state index contributed by atoms with van der Waals surface area (Å²) in [6.07, 6.45) is -1.70. The molecule has 4 atom stereocenters. The van der Waals surface area contributed by atoms with Crippen LogP contribution in [0.4, 0.5) is 0 Å². The van der Waals surface area contributed by atoms with Crippen molar-refractivity contribution in [3.63, 3.8) is 0 Å². The van der Waals surface area contributed by atoms with Gasteiger partial charge >= 0.3 is 11.9 Å². The van der Waals surface area contributed by atoms with E-state index < -0.39 is 36.4 Å². The lowest BCUT2D eigenvalue weighted by Crippen LogP contribution is -2.22. The second-order valence-electron chi connectivity index (χ2n) is 7.35. The van der Waals surface area contributed by atoms with Crippen LogP contribution in [0.15, 0.2) is 60.7 Å². The number of aryl methyl sites for hydroxylation is 2. The number of esters is 2. The lowest BCUT2D eigenvalue weighted by atomic mass is 10.0. The van der Waals surface area contributed by atoms with Gasteiger partial charge in [0.25, 0.3) is 0 Å². The van der Waals surface area contributed by atoms with E-state index in [-0.39, 0.29) is 0 Å². The minimum absolute atomic E-state index is 0.647. The van der Waals surface area contributed by atoms with Crippen LogP contribution in [-0.2, 0) is 19.1 Å². The van der Waals surface area contributed by atoms with E-state index in [9.17, 15) is 19.8 Å². The molecule has 0 fully saturated rings. The van der Waals surface area contributed by atoms with E-state index in [4.69, 9.17) is 9.47 Å². The van der Waals surface area contributed by atoms with Gasteiger partial charge in [-0.3, -0.25) is 0 Å². The Morgan fingerprint density at radius 1 is 0.700 bits per heavy atom. The maximum absolute atomic E-state index is 12.2. The summed E-state index contributed by atoms with van der Waals surface area (Å²) in [4.78, 5) is 24.3. The third-order valence-electron chi connectivity index (χ3n) is 4.53. The molecule has 160 valence electrons. The molecule has 0 aromatic heterocycles. The molecule has 0 aliphatic heterocycles. The number of carbonyl (C=O) groups is 2. The first kappa shape index (κ1) is 23.3. The maximum atomic E-state index is 12.2. The molecule has 6 heteroatoms. The van der Waals surface area contributed by atoms with Gasteiger partial charge in [-0.25, -0.2) is 9.59 Å². The fraction of sp³-hybridized carbons (Fsp3) is 0.333. The minimum Gasteiger partial charge on any atom is -0.452 e. The average Bonchev–Trinajstić information content (AvgIpc) is 2.70. The molecule has 2 aromatic carbocycles. The Bertz CT molecular complexity index is 792. The molecule has 6 nitrogen and oxygen atoms in total. The molecule has 4 unspecified atom stereocenters. The molecule has 0 aliphatic rings. The summed E-state index contributed by atoms with van der Waals surface area (Å²) in [6, 6.07) is 14.5. The molecule has 2 aromatic rings. The average molecular weight is 412 g/mol. The van der Waals surface area contributed by atoms with Crippen molar-refractivity contribution in [2.45, 2.75) is 52.1 Å². The Morgan fingerprint density at radius 2 is 1.00 bits per heavy atom. The summed E-state index contributed by atoms with van der Waals surface area (Å²) in [7, 11) is 0. The fourth-order valence-electron chi connectivity index (χ4n) is 2.87. The number of hydrogen-bond donors (Lipinski definition) is 2. The van der Waals surface area contributed by atoms with Crippen molar-refractivity contribution < 1.29 is 29.3 Å². The number of carbonyl (C=O) groups excluding carboxylic acids is 2. The third-order valence-corrected chi connectivity index (χ3v) is 4.53. The van der Waals surface area contributed by atoms with Gasteiger partial charge in [0.2, 0.25) is 0 Å². The van der Waals surface area contributed by atoms with Gasteiger partial charge in [-0.05, 0) is 38.8 Å². The predicted molar refractivity (Wildman–Crippen MR) is 113 cm³/mol. The van der Waals surface area contributed by atoms with Crippen LogP contribution < -0.4 is 0 Å². The SMILES string of the molecule is Cc1ccc(C(OC(=O)/C=C/C(=O)OC(c2ccc(C)cc2)C(C)O)C(C)O)cc1. The zero-order chi connectivity index (χ0) is 22.3. The highest BCUT2D eigenvalue weighted by Crippen LogP contribution is 2.23. The summed E-state index contributed by atoms with van der Waals surface area (Å²) < 4.78 is 10.6. The van der Waals surface area contributed by atoms with Gasteiger partial charge in [0.1, 0.15) is 0 Å². The monoisotopic (exact) mass is 412 g/mol. The zero-order valence-electron chi connectivity index (χ0n) is 17.6. The van der Waals surface area contributed by atoms with Gasteiger partial charge in [-0.15, -0.1) is 0 Å². The molecule has 30 heavy (non-hydrogen) atoms. The second-order valence-corrected chi connectivity index (χ2v) is 7.35. The number of ether oxygens (including phenoxy) is 2. The summed E-state index contributed by atoms with van der Waals surface area (Å²) in [6.45, 7) is 6.90. The van der Waals surface area contributed by atoms with Crippen LogP contribution in [0.25, 0.3) is 0 Å². The van der Waals surface area contributed by atoms with Gasteiger partial charge in [-0.1, -0.05) is 59.7 Å². The van der Waals surface area contributed by atoms with Crippen molar-refractivity contribution in [1.29, 1.82) is 0 Å². The lowest BCUT2D eigenvalue weighted by Gasteiger charge is -2.21. The molecule has 0 heterocycles. The first-order valence-electron chi connectivity index (χ1n) is 9.76. The molecule has 0 saturated carbocycles. The standard InChI is InChI=1S/C24H28O6/c1-15-5-9-19(10-6-15)23(17(3)25)29-21(27)13-14-22(28)30-24(18(4)26)20-11-7-16(2)8-12-20/h5-14,17-18,23-26H,1-4H3/b14-13+. The largest absolute Gasteiger partial charge is 0.452 e. The topological polar surface area (TPSA) is 93.1 Å². The predicted octanol–water partition coefficient (Wildman–Crippen LogP) is 3.49. The van der Waals surface area contributed by atoms with Crippen molar-refractivity contribution in [1.82, 2.24) is 0 Å². The van der Waals surface area contributed by atoms with Crippen LogP contribution in [-0.4, -0.2) is 34.4 Å². The minimum atomic E-state index is -0.932. The molecule has 0 amide bonds. The zero-order valence-corrected chi connectivity index (χ0v) is 17.6. The molecule has 0 aliphatic carbocycles. The number of hydrogen-bond acceptors (Lipinski definition) is 6. The van der Waals surface area contributed by atoms with Crippen LogP contribution >= 0.6 is 0 Å². The Hall–Kier alpha value is -2.96. The first-order chi connectivity index (χ1) is 14.2. The van der Waals surface area contributed by atoms with Crippen LogP contribution in [0.3, 0.4) is 0 Å². The Morgan fingerprint density at radius 3 is 1.27 bits per heavy atom.